The molecule has 4 aliphatic rings. The Morgan fingerprint density at radius 2 is 1.87 bits per heavy atom. The lowest BCUT2D eigenvalue weighted by Gasteiger charge is -2.40. The molecule has 38 heavy (non-hydrogen) atoms. The van der Waals surface area contributed by atoms with Gasteiger partial charge in [-0.3, -0.25) is 14.8 Å². The lowest BCUT2D eigenvalue weighted by atomic mass is 9.72. The second-order valence-corrected chi connectivity index (χ2v) is 11.4. The van der Waals surface area contributed by atoms with Crippen LogP contribution < -0.4 is 0 Å². The van der Waals surface area contributed by atoms with Crippen LogP contribution in [0.4, 0.5) is 13.2 Å². The minimum atomic E-state index is -4.55. The average Bonchev–Trinajstić information content (AvgIpc) is 3.56. The van der Waals surface area contributed by atoms with Gasteiger partial charge in [-0.15, -0.1) is 0 Å². The van der Waals surface area contributed by atoms with Crippen molar-refractivity contribution in [2.45, 2.75) is 88.9 Å². The molecule has 7 nitrogen and oxygen atoms in total. The summed E-state index contributed by atoms with van der Waals surface area (Å²) < 4.78 is 58.1. The Bertz CT molecular complexity index is 1270. The molecule has 3 atom stereocenters. The standard InChI is InChI=1S/C28H31F3N2O5/c1-14(2)22-20-21(19-17(35)12-26(6-7-26)25(23(19)33-22)37-15(3)34)27(8-10-36-11-9-27)38-24(20)16-4-5-18(32-13-16)28(29,30)31/h4-5,13-14,17,24-25,35H,6-12H2,1-3H3/t17-,24+,25-/m0/s1. The monoisotopic (exact) mass is 532 g/mol. The van der Waals surface area contributed by atoms with Gasteiger partial charge in [-0.25, -0.2) is 0 Å². The first kappa shape index (κ1) is 25.7. The molecule has 2 aliphatic carbocycles. The van der Waals surface area contributed by atoms with Gasteiger partial charge in [0.25, 0.3) is 0 Å². The summed E-state index contributed by atoms with van der Waals surface area (Å²) in [5.41, 5.74) is 1.94. The number of pyridine rings is 2. The van der Waals surface area contributed by atoms with E-state index in [1.54, 1.807) is 0 Å². The minimum absolute atomic E-state index is 0.0650. The van der Waals surface area contributed by atoms with E-state index in [-0.39, 0.29) is 11.3 Å². The summed E-state index contributed by atoms with van der Waals surface area (Å²) in [7, 11) is 0. The normalized spacial score (nSPS) is 26.9. The summed E-state index contributed by atoms with van der Waals surface area (Å²) in [4.78, 5) is 20.9. The molecule has 1 N–H and O–H groups in total. The number of rotatable bonds is 3. The van der Waals surface area contributed by atoms with Crippen LogP contribution in [0.2, 0.25) is 0 Å². The SMILES string of the molecule is CC(=O)O[C@H]1c2nc(C(C)C)c3c(c2[C@@H](O)CC12CC2)C1(CCOCC1)O[C@@H]3c1ccc(C(F)(F)F)nc1. The first-order valence-electron chi connectivity index (χ1n) is 13.2. The lowest BCUT2D eigenvalue weighted by Crippen LogP contribution is -2.37. The minimum Gasteiger partial charge on any atom is -0.455 e. The number of aliphatic hydroxyl groups is 1. The van der Waals surface area contributed by atoms with Gasteiger partial charge < -0.3 is 19.3 Å². The fourth-order valence-corrected chi connectivity index (χ4v) is 6.62. The zero-order chi connectivity index (χ0) is 27.0. The average molecular weight is 533 g/mol. The van der Waals surface area contributed by atoms with Crippen molar-refractivity contribution < 1.29 is 37.3 Å². The highest BCUT2D eigenvalue weighted by molar-refractivity contribution is 5.67. The first-order chi connectivity index (χ1) is 18.0. The maximum atomic E-state index is 13.2. The van der Waals surface area contributed by atoms with Crippen LogP contribution in [-0.2, 0) is 30.8 Å². The topological polar surface area (TPSA) is 90.8 Å². The van der Waals surface area contributed by atoms with E-state index >= 15 is 0 Å². The third-order valence-corrected chi connectivity index (χ3v) is 8.53. The largest absolute Gasteiger partial charge is 0.455 e. The number of halogens is 3. The van der Waals surface area contributed by atoms with E-state index in [9.17, 15) is 23.1 Å². The molecule has 0 aromatic carbocycles. The fraction of sp³-hybridized carbons (Fsp3) is 0.607. The number of alkyl halides is 3. The molecule has 0 bridgehead atoms. The number of esters is 1. The van der Waals surface area contributed by atoms with Crippen LogP contribution in [-0.4, -0.2) is 34.3 Å². The summed E-state index contributed by atoms with van der Waals surface area (Å²) in [6.45, 7) is 6.27. The number of hydrogen-bond donors (Lipinski definition) is 1. The van der Waals surface area contributed by atoms with Crippen LogP contribution in [0.25, 0.3) is 0 Å². The number of ether oxygens (including phenoxy) is 3. The van der Waals surface area contributed by atoms with Gasteiger partial charge in [0.2, 0.25) is 0 Å². The highest BCUT2D eigenvalue weighted by atomic mass is 19.4. The van der Waals surface area contributed by atoms with Crippen molar-refractivity contribution in [1.82, 2.24) is 9.97 Å². The van der Waals surface area contributed by atoms with Crippen LogP contribution in [0, 0.1) is 5.41 Å². The number of nitrogens with zero attached hydrogens (tertiary/aromatic N) is 2. The van der Waals surface area contributed by atoms with Crippen LogP contribution in [0.1, 0.15) is 116 Å². The molecule has 2 aromatic rings. The van der Waals surface area contributed by atoms with Crippen LogP contribution in [0.15, 0.2) is 18.3 Å². The smallest absolute Gasteiger partial charge is 0.433 e. The Morgan fingerprint density at radius 3 is 2.42 bits per heavy atom. The lowest BCUT2D eigenvalue weighted by molar-refractivity contribution is -0.153. The maximum absolute atomic E-state index is 13.2. The molecule has 4 heterocycles. The van der Waals surface area contributed by atoms with Crippen LogP contribution in [0.5, 0.6) is 0 Å². The van der Waals surface area contributed by atoms with E-state index in [1.165, 1.54) is 19.2 Å². The van der Waals surface area contributed by atoms with E-state index in [0.29, 0.717) is 49.3 Å². The van der Waals surface area contributed by atoms with Crippen molar-refractivity contribution in [2.75, 3.05) is 13.2 Å². The molecule has 204 valence electrons. The molecule has 0 amide bonds. The molecule has 1 saturated heterocycles. The van der Waals surface area contributed by atoms with Crippen molar-refractivity contribution in [1.29, 1.82) is 0 Å². The molecule has 2 aromatic heterocycles. The fourth-order valence-electron chi connectivity index (χ4n) is 6.62. The van der Waals surface area contributed by atoms with Gasteiger partial charge >= 0.3 is 12.1 Å². The Hall–Kier alpha value is -2.56. The van der Waals surface area contributed by atoms with E-state index < -0.39 is 41.8 Å². The van der Waals surface area contributed by atoms with Crippen LogP contribution in [0.3, 0.4) is 0 Å². The van der Waals surface area contributed by atoms with E-state index in [4.69, 9.17) is 19.2 Å². The third-order valence-electron chi connectivity index (χ3n) is 8.53. The molecule has 2 aliphatic heterocycles. The van der Waals surface area contributed by atoms with Crippen molar-refractivity contribution in [2.24, 2.45) is 5.41 Å². The molecule has 6 rings (SSSR count). The second-order valence-electron chi connectivity index (χ2n) is 11.4. The molecule has 10 heteroatoms. The summed E-state index contributed by atoms with van der Waals surface area (Å²) >= 11 is 0. The molecule has 2 fully saturated rings. The summed E-state index contributed by atoms with van der Waals surface area (Å²) in [5.74, 6) is -0.465. The van der Waals surface area contributed by atoms with Crippen molar-refractivity contribution >= 4 is 5.97 Å². The van der Waals surface area contributed by atoms with Crippen LogP contribution >= 0.6 is 0 Å². The van der Waals surface area contributed by atoms with Gasteiger partial charge in [0.15, 0.2) is 0 Å². The van der Waals surface area contributed by atoms with Crippen molar-refractivity contribution in [3.05, 3.63) is 57.7 Å². The molecule has 2 spiro atoms. The Kier molecular flexibility index (Phi) is 5.90. The van der Waals surface area contributed by atoms with E-state index in [0.717, 1.165) is 35.7 Å². The second kappa shape index (κ2) is 8.72. The van der Waals surface area contributed by atoms with Gasteiger partial charge in [-0.1, -0.05) is 19.9 Å². The number of carbonyl (C=O) groups excluding carboxylic acids is 1. The van der Waals surface area contributed by atoms with Gasteiger partial charge in [0.1, 0.15) is 17.9 Å². The Balaban J connectivity index is 1.59. The predicted octanol–water partition coefficient (Wildman–Crippen LogP) is 5.57. The Labute approximate surface area is 218 Å². The highest BCUT2D eigenvalue weighted by Crippen LogP contribution is 2.67. The van der Waals surface area contributed by atoms with Crippen molar-refractivity contribution in [3.63, 3.8) is 0 Å². The molecule has 0 unspecified atom stereocenters. The van der Waals surface area contributed by atoms with E-state index in [1.807, 2.05) is 13.8 Å². The number of fused-ring (bicyclic) bond motifs is 4. The zero-order valence-electron chi connectivity index (χ0n) is 21.6. The van der Waals surface area contributed by atoms with Gasteiger partial charge in [-0.05, 0) is 36.8 Å². The van der Waals surface area contributed by atoms with Gasteiger partial charge in [0, 0.05) is 67.0 Å². The van der Waals surface area contributed by atoms with Gasteiger partial charge in [0.05, 0.1) is 17.4 Å². The first-order valence-corrected chi connectivity index (χ1v) is 13.2. The van der Waals surface area contributed by atoms with Gasteiger partial charge in [-0.2, -0.15) is 13.2 Å². The number of hydrogen-bond acceptors (Lipinski definition) is 7. The Morgan fingerprint density at radius 1 is 1.16 bits per heavy atom. The molecular formula is C28H31F3N2O5. The highest BCUT2D eigenvalue weighted by Gasteiger charge is 2.60. The van der Waals surface area contributed by atoms with Crippen molar-refractivity contribution in [3.8, 4) is 0 Å². The zero-order valence-corrected chi connectivity index (χ0v) is 21.6. The summed E-state index contributed by atoms with van der Waals surface area (Å²) in [6, 6.07) is 2.38. The summed E-state index contributed by atoms with van der Waals surface area (Å²) in [5, 5.41) is 11.6. The third kappa shape index (κ3) is 3.95. The molecule has 1 saturated carbocycles. The number of aliphatic hydroxyl groups excluding tert-OH is 1. The number of aromatic nitrogens is 2. The maximum Gasteiger partial charge on any atom is 0.433 e. The predicted molar refractivity (Wildman–Crippen MR) is 128 cm³/mol. The number of carbonyl (C=O) groups is 1. The summed E-state index contributed by atoms with van der Waals surface area (Å²) in [6.07, 6.45) is -2.25. The van der Waals surface area contributed by atoms with E-state index in [2.05, 4.69) is 4.98 Å². The molecular weight excluding hydrogens is 501 g/mol. The quantitative estimate of drug-likeness (QED) is 0.517. The molecule has 0 radical (unpaired) electrons.